The van der Waals surface area contributed by atoms with Gasteiger partial charge < -0.3 is 25.0 Å². The minimum Gasteiger partial charge on any atom is -0.449 e. The van der Waals surface area contributed by atoms with E-state index in [-0.39, 0.29) is 34.1 Å². The first kappa shape index (κ1) is 17.4. The van der Waals surface area contributed by atoms with Gasteiger partial charge in [-0.2, -0.15) is 0 Å². The highest BCUT2D eigenvalue weighted by molar-refractivity contribution is 5.86. The van der Waals surface area contributed by atoms with Crippen LogP contribution in [0.5, 0.6) is 5.75 Å². The zero-order valence-electron chi connectivity index (χ0n) is 15.0. The fourth-order valence-electron chi connectivity index (χ4n) is 4.36. The Bertz CT molecular complexity index is 1080. The molecule has 148 valence electrons. The van der Waals surface area contributed by atoms with Gasteiger partial charge in [0, 0.05) is 30.6 Å². The van der Waals surface area contributed by atoms with E-state index in [0.29, 0.717) is 13.1 Å². The summed E-state index contributed by atoms with van der Waals surface area (Å²) in [5.41, 5.74) is 5.07. The predicted octanol–water partition coefficient (Wildman–Crippen LogP) is 2.60. The summed E-state index contributed by atoms with van der Waals surface area (Å²) in [6, 6.07) is 0.759. The number of nitrogens with zero attached hydrogens (tertiary/aromatic N) is 2. The maximum Gasteiger partial charge on any atom is 0.511 e. The normalized spacial score (nSPS) is 22.8. The van der Waals surface area contributed by atoms with Crippen LogP contribution in [0.2, 0.25) is 0 Å². The Morgan fingerprint density at radius 1 is 1.32 bits per heavy atom. The van der Waals surface area contributed by atoms with Crippen molar-refractivity contribution in [3.63, 3.8) is 0 Å². The molecule has 1 aromatic carbocycles. The zero-order chi connectivity index (χ0) is 19.8. The summed E-state index contributed by atoms with van der Waals surface area (Å²) in [6.45, 7) is 0.842. The van der Waals surface area contributed by atoms with Gasteiger partial charge in [0.15, 0.2) is 11.6 Å². The predicted molar refractivity (Wildman–Crippen MR) is 96.9 cm³/mol. The van der Waals surface area contributed by atoms with E-state index in [1.54, 1.807) is 4.90 Å². The summed E-state index contributed by atoms with van der Waals surface area (Å²) in [6.07, 6.45) is 2.97. The maximum absolute atomic E-state index is 15.6. The Kier molecular flexibility index (Phi) is 3.52. The third-order valence-electron chi connectivity index (χ3n) is 6.21. The first-order valence-corrected chi connectivity index (χ1v) is 9.29. The van der Waals surface area contributed by atoms with Gasteiger partial charge in [-0.1, -0.05) is 0 Å². The highest BCUT2D eigenvalue weighted by Crippen LogP contribution is 2.53. The van der Waals surface area contributed by atoms with Crippen LogP contribution in [-0.4, -0.2) is 35.0 Å². The van der Waals surface area contributed by atoms with E-state index in [1.165, 1.54) is 10.8 Å². The van der Waals surface area contributed by atoms with Crippen LogP contribution in [0, 0.1) is 17.0 Å². The monoisotopic (exact) mass is 391 g/mol. The number of halogens is 2. The molecule has 1 spiro atoms. The molecule has 3 N–H and O–H groups in total. The summed E-state index contributed by atoms with van der Waals surface area (Å²) >= 11 is 0. The minimum absolute atomic E-state index is 0.0213. The standard InChI is InChI=1S/C19H19F2N3O4/c20-11-5-10-15(14(21)16(11)23-7-13(22)19(8-23)3-4-19)24(9-1-2-9)6-12(17(10)25)28-18(26)27/h5-6,9,13H,1-4,7-8,22H2,(H,26,27). The highest BCUT2D eigenvalue weighted by Gasteiger charge is 2.54. The molecule has 2 heterocycles. The van der Waals surface area contributed by atoms with Crippen LogP contribution in [0.15, 0.2) is 17.1 Å². The number of anilines is 1. The van der Waals surface area contributed by atoms with Gasteiger partial charge in [-0.25, -0.2) is 13.6 Å². The lowest BCUT2D eigenvalue weighted by Crippen LogP contribution is -2.30. The van der Waals surface area contributed by atoms with E-state index >= 15 is 4.39 Å². The Morgan fingerprint density at radius 2 is 2.04 bits per heavy atom. The van der Waals surface area contributed by atoms with E-state index in [1.807, 2.05) is 0 Å². The number of nitrogens with two attached hydrogens (primary N) is 1. The second-order valence-electron chi connectivity index (χ2n) is 8.10. The first-order valence-electron chi connectivity index (χ1n) is 9.29. The molecule has 1 atom stereocenters. The van der Waals surface area contributed by atoms with Crippen LogP contribution in [0.1, 0.15) is 31.7 Å². The number of ether oxygens (including phenoxy) is 1. The molecule has 1 unspecified atom stereocenters. The summed E-state index contributed by atoms with van der Waals surface area (Å²) in [5.74, 6) is -2.13. The Balaban J connectivity index is 1.71. The van der Waals surface area contributed by atoms with Crippen molar-refractivity contribution in [3.05, 3.63) is 34.1 Å². The molecule has 3 fully saturated rings. The lowest BCUT2D eigenvalue weighted by molar-refractivity contribution is 0.143. The van der Waals surface area contributed by atoms with E-state index in [2.05, 4.69) is 4.74 Å². The van der Waals surface area contributed by atoms with Crippen molar-refractivity contribution < 1.29 is 23.4 Å². The number of fused-ring (bicyclic) bond motifs is 1. The lowest BCUT2D eigenvalue weighted by Gasteiger charge is -2.22. The van der Waals surface area contributed by atoms with Gasteiger partial charge in [-0.3, -0.25) is 4.79 Å². The second kappa shape index (κ2) is 5.66. The van der Waals surface area contributed by atoms with E-state index < -0.39 is 29.0 Å². The Labute approximate surface area is 158 Å². The van der Waals surface area contributed by atoms with E-state index in [4.69, 9.17) is 10.8 Å². The number of hydrogen-bond donors (Lipinski definition) is 2. The topological polar surface area (TPSA) is 97.8 Å². The Hall–Kier alpha value is -2.68. The summed E-state index contributed by atoms with van der Waals surface area (Å²) in [4.78, 5) is 25.1. The zero-order valence-corrected chi connectivity index (χ0v) is 15.0. The molecule has 2 aliphatic carbocycles. The first-order chi connectivity index (χ1) is 13.3. The van der Waals surface area contributed by atoms with Crippen LogP contribution < -0.4 is 20.8 Å². The molecule has 2 aromatic rings. The quantitative estimate of drug-likeness (QED) is 0.781. The number of pyridine rings is 1. The third-order valence-corrected chi connectivity index (χ3v) is 6.21. The van der Waals surface area contributed by atoms with Crippen molar-refractivity contribution in [1.29, 1.82) is 0 Å². The molecular weight excluding hydrogens is 372 g/mol. The highest BCUT2D eigenvalue weighted by atomic mass is 19.1. The van der Waals surface area contributed by atoms with Gasteiger partial charge in [0.2, 0.25) is 5.43 Å². The molecule has 9 heteroatoms. The Morgan fingerprint density at radius 3 is 2.61 bits per heavy atom. The molecule has 28 heavy (non-hydrogen) atoms. The number of carbonyl (C=O) groups is 1. The van der Waals surface area contributed by atoms with Crippen LogP contribution >= 0.6 is 0 Å². The molecule has 5 rings (SSSR count). The van der Waals surface area contributed by atoms with Crippen molar-refractivity contribution in [2.75, 3.05) is 18.0 Å². The van der Waals surface area contributed by atoms with Crippen LogP contribution in [0.3, 0.4) is 0 Å². The van der Waals surface area contributed by atoms with Gasteiger partial charge in [0.1, 0.15) is 11.5 Å². The van der Waals surface area contributed by atoms with Gasteiger partial charge in [0.05, 0.1) is 17.1 Å². The fourth-order valence-corrected chi connectivity index (χ4v) is 4.36. The van der Waals surface area contributed by atoms with Gasteiger partial charge in [0.25, 0.3) is 0 Å². The number of carboxylic acid groups (broad SMARTS) is 1. The van der Waals surface area contributed by atoms with Crippen molar-refractivity contribution in [3.8, 4) is 5.75 Å². The number of benzene rings is 1. The summed E-state index contributed by atoms with van der Waals surface area (Å²) in [7, 11) is 0. The maximum atomic E-state index is 15.6. The molecular formula is C19H19F2N3O4. The summed E-state index contributed by atoms with van der Waals surface area (Å²) in [5, 5.41) is 8.62. The molecule has 0 amide bonds. The molecule has 0 bridgehead atoms. The molecule has 1 aromatic heterocycles. The van der Waals surface area contributed by atoms with E-state index in [9.17, 15) is 14.0 Å². The molecule has 0 radical (unpaired) electrons. The van der Waals surface area contributed by atoms with E-state index in [0.717, 1.165) is 31.7 Å². The van der Waals surface area contributed by atoms with Crippen molar-refractivity contribution in [1.82, 2.24) is 4.57 Å². The fraction of sp³-hybridized carbons (Fsp3) is 0.474. The second-order valence-corrected chi connectivity index (χ2v) is 8.10. The largest absolute Gasteiger partial charge is 0.511 e. The average Bonchev–Trinajstić information content (AvgIpc) is 3.51. The SMILES string of the molecule is NC1CN(c2c(F)cc3c(=O)c(OC(=O)O)cn(C4CC4)c3c2F)CC12CC2. The number of aromatic nitrogens is 1. The molecule has 2 saturated carbocycles. The molecule has 1 aliphatic heterocycles. The molecule has 1 saturated heterocycles. The molecule has 3 aliphatic rings. The summed E-state index contributed by atoms with van der Waals surface area (Å²) < 4.78 is 36.5. The van der Waals surface area contributed by atoms with Crippen molar-refractivity contribution in [2.45, 2.75) is 37.8 Å². The van der Waals surface area contributed by atoms with Gasteiger partial charge >= 0.3 is 6.16 Å². The minimum atomic E-state index is -1.66. The van der Waals surface area contributed by atoms with Crippen molar-refractivity contribution in [2.24, 2.45) is 11.1 Å². The van der Waals surface area contributed by atoms with Gasteiger partial charge in [-0.05, 0) is 31.7 Å². The van der Waals surface area contributed by atoms with Gasteiger partial charge in [-0.15, -0.1) is 0 Å². The number of rotatable bonds is 3. The third kappa shape index (κ3) is 2.49. The number of hydrogen-bond acceptors (Lipinski definition) is 5. The van der Waals surface area contributed by atoms with Crippen molar-refractivity contribution >= 4 is 22.7 Å². The van der Waals surface area contributed by atoms with Crippen LogP contribution in [0.25, 0.3) is 10.9 Å². The average molecular weight is 391 g/mol. The van der Waals surface area contributed by atoms with Crippen LogP contribution in [-0.2, 0) is 0 Å². The lowest BCUT2D eigenvalue weighted by atomic mass is 10.0. The smallest absolute Gasteiger partial charge is 0.449 e. The molecule has 7 nitrogen and oxygen atoms in total. The van der Waals surface area contributed by atoms with Crippen LogP contribution in [0.4, 0.5) is 19.3 Å².